The van der Waals surface area contributed by atoms with Gasteiger partial charge in [0.25, 0.3) is 0 Å². The van der Waals surface area contributed by atoms with E-state index < -0.39 is 6.36 Å². The Labute approximate surface area is 168 Å². The number of ether oxygens (including phenoxy) is 3. The molecule has 0 aromatic heterocycles. The maximum Gasteiger partial charge on any atom is 0.573 e. The van der Waals surface area contributed by atoms with Crippen LogP contribution in [0.4, 0.5) is 13.2 Å². The highest BCUT2D eigenvalue weighted by molar-refractivity contribution is 5.85. The predicted molar refractivity (Wildman–Crippen MR) is 103 cm³/mol. The van der Waals surface area contributed by atoms with Crippen molar-refractivity contribution < 1.29 is 27.4 Å². The number of alkyl halides is 3. The second kappa shape index (κ2) is 9.39. The molecule has 0 radical (unpaired) electrons. The lowest BCUT2D eigenvalue weighted by atomic mass is 9.89. The van der Waals surface area contributed by atoms with Gasteiger partial charge < -0.3 is 19.5 Å². The smallest absolute Gasteiger partial charge is 0.490 e. The van der Waals surface area contributed by atoms with E-state index >= 15 is 0 Å². The van der Waals surface area contributed by atoms with Crippen LogP contribution in [0.1, 0.15) is 36.6 Å². The van der Waals surface area contributed by atoms with Crippen LogP contribution >= 0.6 is 12.4 Å². The zero-order valence-electron chi connectivity index (χ0n) is 15.6. The molecule has 2 aromatic rings. The van der Waals surface area contributed by atoms with E-state index in [1.165, 1.54) is 12.1 Å². The summed E-state index contributed by atoms with van der Waals surface area (Å²) in [5.41, 5.74) is 3.04. The van der Waals surface area contributed by atoms with Crippen LogP contribution in [0.25, 0.3) is 0 Å². The van der Waals surface area contributed by atoms with E-state index in [2.05, 4.69) is 10.1 Å². The normalized spacial score (nSPS) is 16.0. The summed E-state index contributed by atoms with van der Waals surface area (Å²) < 4.78 is 52.4. The highest BCUT2D eigenvalue weighted by atomic mass is 35.5. The standard InChI is InChI=1S/C20H22F3NO3.ClH/c1-3-25-17-11-14-9-10-24-19(16(14)12-18(17)26-4-2)13-5-7-15(8-6-13)27-20(21,22)23;/h5-8,11-12,19,24H,3-4,9-10H2,1-2H3;1H. The molecule has 1 aliphatic rings. The van der Waals surface area contributed by atoms with E-state index in [-0.39, 0.29) is 24.2 Å². The van der Waals surface area contributed by atoms with Crippen molar-refractivity contribution in [2.45, 2.75) is 32.7 Å². The van der Waals surface area contributed by atoms with Gasteiger partial charge in [0.1, 0.15) is 5.75 Å². The molecular weight excluding hydrogens is 395 g/mol. The molecule has 0 fully saturated rings. The van der Waals surface area contributed by atoms with Gasteiger partial charge in [-0.1, -0.05) is 12.1 Å². The van der Waals surface area contributed by atoms with Gasteiger partial charge in [-0.15, -0.1) is 25.6 Å². The molecule has 0 saturated heterocycles. The molecule has 0 spiro atoms. The molecule has 0 amide bonds. The summed E-state index contributed by atoms with van der Waals surface area (Å²) in [4.78, 5) is 0. The van der Waals surface area contributed by atoms with E-state index in [1.54, 1.807) is 12.1 Å². The molecule has 3 rings (SSSR count). The Morgan fingerprint density at radius 3 is 2.18 bits per heavy atom. The van der Waals surface area contributed by atoms with E-state index in [0.29, 0.717) is 24.7 Å². The molecule has 1 N–H and O–H groups in total. The van der Waals surface area contributed by atoms with Gasteiger partial charge in [0.2, 0.25) is 0 Å². The highest BCUT2D eigenvalue weighted by Gasteiger charge is 2.31. The van der Waals surface area contributed by atoms with Crippen LogP contribution in [0.5, 0.6) is 17.2 Å². The summed E-state index contributed by atoms with van der Waals surface area (Å²) in [5.74, 6) is 1.15. The van der Waals surface area contributed by atoms with Crippen molar-refractivity contribution in [1.29, 1.82) is 0 Å². The van der Waals surface area contributed by atoms with Crippen LogP contribution in [0.15, 0.2) is 36.4 Å². The number of fused-ring (bicyclic) bond motifs is 1. The zero-order valence-corrected chi connectivity index (χ0v) is 16.5. The lowest BCUT2D eigenvalue weighted by Gasteiger charge is -2.29. The minimum Gasteiger partial charge on any atom is -0.490 e. The predicted octanol–water partition coefficient (Wildman–Crippen LogP) is 5.04. The SMILES string of the molecule is CCOc1cc2c(cc1OCC)C(c1ccc(OC(F)(F)F)cc1)NCC2.Cl. The third-order valence-electron chi connectivity index (χ3n) is 4.31. The van der Waals surface area contributed by atoms with Gasteiger partial charge in [-0.25, -0.2) is 0 Å². The van der Waals surface area contributed by atoms with Gasteiger partial charge in [0, 0.05) is 6.54 Å². The molecule has 2 aromatic carbocycles. The Morgan fingerprint density at radius 2 is 1.61 bits per heavy atom. The fourth-order valence-electron chi connectivity index (χ4n) is 3.26. The van der Waals surface area contributed by atoms with Crippen LogP contribution in [0.2, 0.25) is 0 Å². The first kappa shape index (κ1) is 22.2. The van der Waals surface area contributed by atoms with Gasteiger partial charge in [-0.05, 0) is 61.2 Å². The third-order valence-corrected chi connectivity index (χ3v) is 4.31. The van der Waals surface area contributed by atoms with Crippen LogP contribution in [0.3, 0.4) is 0 Å². The van der Waals surface area contributed by atoms with Crippen molar-refractivity contribution >= 4 is 12.4 Å². The Hall–Kier alpha value is -2.12. The average Bonchev–Trinajstić information content (AvgIpc) is 2.62. The first-order valence-corrected chi connectivity index (χ1v) is 8.92. The number of halogens is 4. The average molecular weight is 418 g/mol. The molecule has 1 heterocycles. The molecule has 0 saturated carbocycles. The van der Waals surface area contributed by atoms with Crippen LogP contribution < -0.4 is 19.5 Å². The molecule has 28 heavy (non-hydrogen) atoms. The van der Waals surface area contributed by atoms with Crippen molar-refractivity contribution in [2.75, 3.05) is 19.8 Å². The summed E-state index contributed by atoms with van der Waals surface area (Å²) in [6.45, 7) is 5.65. The summed E-state index contributed by atoms with van der Waals surface area (Å²) in [6, 6.07) is 9.77. The molecule has 1 unspecified atom stereocenters. The second-order valence-electron chi connectivity index (χ2n) is 6.12. The van der Waals surface area contributed by atoms with Gasteiger partial charge in [0.05, 0.1) is 19.3 Å². The van der Waals surface area contributed by atoms with Crippen LogP contribution in [-0.4, -0.2) is 26.1 Å². The number of nitrogens with one attached hydrogen (secondary N) is 1. The fourth-order valence-corrected chi connectivity index (χ4v) is 3.26. The van der Waals surface area contributed by atoms with E-state index in [0.717, 1.165) is 29.7 Å². The number of benzene rings is 2. The quantitative estimate of drug-likeness (QED) is 0.714. The van der Waals surface area contributed by atoms with Crippen molar-refractivity contribution in [3.8, 4) is 17.2 Å². The van der Waals surface area contributed by atoms with E-state index in [9.17, 15) is 13.2 Å². The molecule has 1 atom stereocenters. The van der Waals surface area contributed by atoms with Gasteiger partial charge in [0.15, 0.2) is 11.5 Å². The van der Waals surface area contributed by atoms with E-state index in [1.807, 2.05) is 26.0 Å². The maximum absolute atomic E-state index is 12.4. The summed E-state index contributed by atoms with van der Waals surface area (Å²) >= 11 is 0. The minimum atomic E-state index is -4.70. The van der Waals surface area contributed by atoms with Gasteiger partial charge >= 0.3 is 6.36 Å². The molecule has 0 aliphatic carbocycles. The Kier molecular flexibility index (Phi) is 7.43. The van der Waals surface area contributed by atoms with Crippen molar-refractivity contribution in [3.05, 3.63) is 53.1 Å². The first-order chi connectivity index (χ1) is 12.9. The first-order valence-electron chi connectivity index (χ1n) is 8.92. The van der Waals surface area contributed by atoms with Crippen molar-refractivity contribution in [1.82, 2.24) is 5.32 Å². The fraction of sp³-hybridized carbons (Fsp3) is 0.400. The summed E-state index contributed by atoms with van der Waals surface area (Å²) in [5, 5.41) is 3.42. The lowest BCUT2D eigenvalue weighted by molar-refractivity contribution is -0.274. The molecule has 8 heteroatoms. The number of hydrogen-bond acceptors (Lipinski definition) is 4. The number of hydrogen-bond donors (Lipinski definition) is 1. The van der Waals surface area contributed by atoms with Gasteiger partial charge in [-0.3, -0.25) is 0 Å². The van der Waals surface area contributed by atoms with Gasteiger partial charge in [-0.2, -0.15) is 0 Å². The molecular formula is C20H23ClF3NO3. The Balaban J connectivity index is 0.00000280. The second-order valence-corrected chi connectivity index (χ2v) is 6.12. The minimum absolute atomic E-state index is 0. The third kappa shape index (κ3) is 5.23. The van der Waals surface area contributed by atoms with Crippen LogP contribution in [0, 0.1) is 0 Å². The summed E-state index contributed by atoms with van der Waals surface area (Å²) in [7, 11) is 0. The van der Waals surface area contributed by atoms with Crippen molar-refractivity contribution in [3.63, 3.8) is 0 Å². The zero-order chi connectivity index (χ0) is 19.4. The largest absolute Gasteiger partial charge is 0.573 e. The highest BCUT2D eigenvalue weighted by Crippen LogP contribution is 2.38. The topological polar surface area (TPSA) is 39.7 Å². The molecule has 154 valence electrons. The van der Waals surface area contributed by atoms with E-state index in [4.69, 9.17) is 9.47 Å². The Morgan fingerprint density at radius 1 is 1.00 bits per heavy atom. The lowest BCUT2D eigenvalue weighted by Crippen LogP contribution is -2.30. The monoisotopic (exact) mass is 417 g/mol. The molecule has 1 aliphatic heterocycles. The van der Waals surface area contributed by atoms with Crippen molar-refractivity contribution in [2.24, 2.45) is 0 Å². The molecule has 0 bridgehead atoms. The number of rotatable bonds is 6. The maximum atomic E-state index is 12.4. The summed E-state index contributed by atoms with van der Waals surface area (Å²) in [6.07, 6.45) is -3.85. The molecule has 4 nitrogen and oxygen atoms in total. The van der Waals surface area contributed by atoms with Crippen LogP contribution in [-0.2, 0) is 6.42 Å². The Bertz CT molecular complexity index is 782.